The van der Waals surface area contributed by atoms with Gasteiger partial charge in [-0.2, -0.15) is 0 Å². The van der Waals surface area contributed by atoms with Crippen LogP contribution in [0.5, 0.6) is 0 Å². The van der Waals surface area contributed by atoms with Gasteiger partial charge in [0, 0.05) is 5.56 Å². The van der Waals surface area contributed by atoms with Crippen molar-refractivity contribution in [2.45, 2.75) is 13.8 Å². The maximum atomic E-state index is 13.7. The molecule has 2 aromatic carbocycles. The van der Waals surface area contributed by atoms with Crippen LogP contribution in [0, 0.1) is 31.3 Å². The molecule has 0 atom stereocenters. The molecule has 0 saturated carbocycles. The monoisotopic (exact) mass is 264 g/mol. The van der Waals surface area contributed by atoms with E-state index in [1.807, 2.05) is 0 Å². The molecule has 0 aromatic heterocycles. The first kappa shape index (κ1) is 13.3. The fourth-order valence-electron chi connectivity index (χ4n) is 1.76. The first-order valence-corrected chi connectivity index (χ1v) is 5.66. The number of hydrogen-bond donors (Lipinski definition) is 0. The summed E-state index contributed by atoms with van der Waals surface area (Å²) in [7, 11) is 0. The summed E-state index contributed by atoms with van der Waals surface area (Å²) in [6.45, 7) is 2.91. The number of hydrogen-bond acceptors (Lipinski definition) is 1. The van der Waals surface area contributed by atoms with Crippen molar-refractivity contribution in [1.82, 2.24) is 0 Å². The Balaban J connectivity index is 2.49. The van der Waals surface area contributed by atoms with E-state index in [2.05, 4.69) is 0 Å². The van der Waals surface area contributed by atoms with Crippen molar-refractivity contribution in [2.75, 3.05) is 0 Å². The van der Waals surface area contributed by atoms with E-state index in [9.17, 15) is 18.0 Å². The Hall–Kier alpha value is -2.10. The second-order valence-electron chi connectivity index (χ2n) is 4.37. The third kappa shape index (κ3) is 2.52. The third-order valence-electron chi connectivity index (χ3n) is 2.91. The maximum absolute atomic E-state index is 13.7. The van der Waals surface area contributed by atoms with Crippen LogP contribution in [-0.2, 0) is 0 Å². The highest BCUT2D eigenvalue weighted by molar-refractivity contribution is 6.09. The smallest absolute Gasteiger partial charge is 0.196 e. The van der Waals surface area contributed by atoms with E-state index in [1.54, 1.807) is 0 Å². The van der Waals surface area contributed by atoms with Crippen molar-refractivity contribution < 1.29 is 18.0 Å². The van der Waals surface area contributed by atoms with Gasteiger partial charge in [0.15, 0.2) is 5.78 Å². The summed E-state index contributed by atoms with van der Waals surface area (Å²) in [4.78, 5) is 12.1. The molecule has 0 heterocycles. The van der Waals surface area contributed by atoms with Crippen LogP contribution in [0.2, 0.25) is 0 Å². The minimum absolute atomic E-state index is 0.126. The van der Waals surface area contributed by atoms with Crippen LogP contribution in [0.1, 0.15) is 27.0 Å². The molecule has 0 spiro atoms. The normalized spacial score (nSPS) is 10.6. The molecular formula is C15H11F3O. The average Bonchev–Trinajstić information content (AvgIpc) is 2.36. The molecule has 2 aromatic rings. The number of ketones is 1. The Morgan fingerprint density at radius 1 is 0.842 bits per heavy atom. The van der Waals surface area contributed by atoms with Crippen molar-refractivity contribution in [3.8, 4) is 0 Å². The van der Waals surface area contributed by atoms with Gasteiger partial charge < -0.3 is 0 Å². The molecule has 0 bridgehead atoms. The van der Waals surface area contributed by atoms with E-state index >= 15 is 0 Å². The number of benzene rings is 2. The van der Waals surface area contributed by atoms with Gasteiger partial charge in [-0.15, -0.1) is 0 Å². The Labute approximate surface area is 108 Å². The first-order valence-electron chi connectivity index (χ1n) is 5.66. The zero-order chi connectivity index (χ0) is 14.2. The highest BCUT2D eigenvalue weighted by Gasteiger charge is 2.17. The zero-order valence-corrected chi connectivity index (χ0v) is 10.4. The van der Waals surface area contributed by atoms with Gasteiger partial charge in [-0.3, -0.25) is 4.79 Å². The lowest BCUT2D eigenvalue weighted by Gasteiger charge is -2.06. The molecule has 0 saturated heterocycles. The van der Waals surface area contributed by atoms with Gasteiger partial charge in [0.25, 0.3) is 0 Å². The lowest BCUT2D eigenvalue weighted by Crippen LogP contribution is -2.06. The van der Waals surface area contributed by atoms with E-state index in [-0.39, 0.29) is 22.3 Å². The molecular weight excluding hydrogens is 253 g/mol. The van der Waals surface area contributed by atoms with Gasteiger partial charge in [0.05, 0.1) is 5.56 Å². The topological polar surface area (TPSA) is 17.1 Å². The van der Waals surface area contributed by atoms with Crippen LogP contribution in [0.15, 0.2) is 30.3 Å². The van der Waals surface area contributed by atoms with Crippen molar-refractivity contribution in [1.29, 1.82) is 0 Å². The molecule has 0 amide bonds. The predicted octanol–water partition coefficient (Wildman–Crippen LogP) is 3.95. The van der Waals surface area contributed by atoms with E-state index < -0.39 is 23.2 Å². The predicted molar refractivity (Wildman–Crippen MR) is 65.7 cm³/mol. The summed E-state index contributed by atoms with van der Waals surface area (Å²) in [5, 5.41) is 0. The summed E-state index contributed by atoms with van der Waals surface area (Å²) in [6, 6.07) is 5.53. The van der Waals surface area contributed by atoms with Crippen LogP contribution >= 0.6 is 0 Å². The van der Waals surface area contributed by atoms with Gasteiger partial charge in [-0.25, -0.2) is 13.2 Å². The van der Waals surface area contributed by atoms with Gasteiger partial charge in [0.2, 0.25) is 0 Å². The fraction of sp³-hybridized carbons (Fsp3) is 0.133. The lowest BCUT2D eigenvalue weighted by atomic mass is 10.00. The van der Waals surface area contributed by atoms with E-state index in [0.717, 1.165) is 18.2 Å². The lowest BCUT2D eigenvalue weighted by molar-refractivity contribution is 0.103. The van der Waals surface area contributed by atoms with Crippen LogP contribution in [0.25, 0.3) is 0 Å². The summed E-state index contributed by atoms with van der Waals surface area (Å²) >= 11 is 0. The van der Waals surface area contributed by atoms with Crippen molar-refractivity contribution in [2.24, 2.45) is 0 Å². The molecule has 0 aliphatic carbocycles. The molecule has 1 nitrogen and oxygen atoms in total. The molecule has 0 fully saturated rings. The molecule has 0 aliphatic rings. The summed E-state index contributed by atoms with van der Waals surface area (Å²) < 4.78 is 40.2. The standard InChI is InChI=1S/C15H11F3O/c1-8-5-10(3-4-12(8)16)15(19)11-7-13(17)9(2)6-14(11)18/h3-7H,1-2H3. The second-order valence-corrected chi connectivity index (χ2v) is 4.37. The highest BCUT2D eigenvalue weighted by Crippen LogP contribution is 2.19. The van der Waals surface area contributed by atoms with Crippen LogP contribution in [0.3, 0.4) is 0 Å². The minimum atomic E-state index is -0.786. The van der Waals surface area contributed by atoms with E-state index in [0.29, 0.717) is 0 Å². The Kier molecular flexibility index (Phi) is 3.42. The second kappa shape index (κ2) is 4.88. The zero-order valence-electron chi connectivity index (χ0n) is 10.4. The Bertz CT molecular complexity index is 663. The molecule has 4 heteroatoms. The SMILES string of the molecule is Cc1cc(C(=O)c2cc(F)c(C)cc2F)ccc1F. The van der Waals surface area contributed by atoms with Gasteiger partial charge in [-0.05, 0) is 55.3 Å². The summed E-state index contributed by atoms with van der Waals surface area (Å²) in [6.07, 6.45) is 0. The molecule has 0 N–H and O–H groups in total. The summed E-state index contributed by atoms with van der Waals surface area (Å²) in [5.41, 5.74) is 0.179. The van der Waals surface area contributed by atoms with Crippen LogP contribution in [-0.4, -0.2) is 5.78 Å². The fourth-order valence-corrected chi connectivity index (χ4v) is 1.76. The van der Waals surface area contributed by atoms with Crippen molar-refractivity contribution >= 4 is 5.78 Å². The number of carbonyl (C=O) groups is 1. The quantitative estimate of drug-likeness (QED) is 0.750. The summed E-state index contributed by atoms with van der Waals surface area (Å²) in [5.74, 6) is -2.55. The van der Waals surface area contributed by atoms with Crippen LogP contribution in [0.4, 0.5) is 13.2 Å². The number of rotatable bonds is 2. The number of carbonyl (C=O) groups excluding carboxylic acids is 1. The van der Waals surface area contributed by atoms with Crippen molar-refractivity contribution in [3.05, 3.63) is 70.0 Å². The van der Waals surface area contributed by atoms with Gasteiger partial charge in [0.1, 0.15) is 17.5 Å². The third-order valence-corrected chi connectivity index (χ3v) is 2.91. The average molecular weight is 264 g/mol. The molecule has 0 aliphatic heterocycles. The number of aryl methyl sites for hydroxylation is 2. The largest absolute Gasteiger partial charge is 0.288 e. The number of halogens is 3. The molecule has 0 unspecified atom stereocenters. The Morgan fingerprint density at radius 3 is 2.11 bits per heavy atom. The first-order chi connectivity index (χ1) is 8.90. The Morgan fingerprint density at radius 2 is 1.47 bits per heavy atom. The van der Waals surface area contributed by atoms with Gasteiger partial charge in [-0.1, -0.05) is 0 Å². The van der Waals surface area contributed by atoms with Crippen molar-refractivity contribution in [3.63, 3.8) is 0 Å². The molecule has 19 heavy (non-hydrogen) atoms. The molecule has 2 rings (SSSR count). The highest BCUT2D eigenvalue weighted by atomic mass is 19.1. The van der Waals surface area contributed by atoms with E-state index in [4.69, 9.17) is 0 Å². The molecule has 98 valence electrons. The molecule has 0 radical (unpaired) electrons. The maximum Gasteiger partial charge on any atom is 0.196 e. The van der Waals surface area contributed by atoms with E-state index in [1.165, 1.54) is 26.0 Å². The minimum Gasteiger partial charge on any atom is -0.288 e. The van der Waals surface area contributed by atoms with Crippen LogP contribution < -0.4 is 0 Å². The van der Waals surface area contributed by atoms with Gasteiger partial charge >= 0.3 is 0 Å².